The third kappa shape index (κ3) is 2.43. The van der Waals surface area contributed by atoms with Gasteiger partial charge in [-0.1, -0.05) is 6.92 Å². The summed E-state index contributed by atoms with van der Waals surface area (Å²) in [6.07, 6.45) is 0.956. The number of esters is 1. The number of carbonyl (C=O) groups excluding carboxylic acids is 1. The molecule has 1 saturated heterocycles. The summed E-state index contributed by atoms with van der Waals surface area (Å²) in [4.78, 5) is 25.0. The summed E-state index contributed by atoms with van der Waals surface area (Å²) in [5, 5.41) is 9.47. The molecular formula is C17H20N2O5. The first-order valence-electron chi connectivity index (χ1n) is 8.20. The van der Waals surface area contributed by atoms with Gasteiger partial charge in [0.15, 0.2) is 0 Å². The summed E-state index contributed by atoms with van der Waals surface area (Å²) in [5.41, 5.74) is 0.578. The van der Waals surface area contributed by atoms with Crippen LogP contribution in [-0.4, -0.2) is 30.4 Å². The molecule has 1 fully saturated rings. The molecule has 24 heavy (non-hydrogen) atoms. The lowest BCUT2D eigenvalue weighted by Gasteiger charge is -2.23. The third-order valence-electron chi connectivity index (χ3n) is 4.61. The highest BCUT2D eigenvalue weighted by atomic mass is 16.7. The summed E-state index contributed by atoms with van der Waals surface area (Å²) < 4.78 is 18.1. The predicted octanol–water partition coefficient (Wildman–Crippen LogP) is 1.38. The molecule has 1 atom stereocenters. The van der Waals surface area contributed by atoms with Crippen LogP contribution in [-0.2, 0) is 31.3 Å². The maximum atomic E-state index is 12.7. The molecule has 1 spiro atoms. The molecule has 0 aliphatic carbocycles. The van der Waals surface area contributed by atoms with Crippen molar-refractivity contribution in [3.63, 3.8) is 0 Å². The monoisotopic (exact) mass is 332 g/mol. The van der Waals surface area contributed by atoms with Gasteiger partial charge in [0.05, 0.1) is 31.4 Å². The van der Waals surface area contributed by atoms with Crippen molar-refractivity contribution in [2.75, 3.05) is 19.8 Å². The molecular weight excluding hydrogens is 312 g/mol. The predicted molar refractivity (Wildman–Crippen MR) is 83.3 cm³/mol. The molecule has 1 aromatic rings. The van der Waals surface area contributed by atoms with Gasteiger partial charge in [-0.05, 0) is 25.0 Å². The molecule has 7 nitrogen and oxygen atoms in total. The van der Waals surface area contributed by atoms with E-state index in [1.54, 1.807) is 13.0 Å². The molecule has 1 aromatic heterocycles. The van der Waals surface area contributed by atoms with Crippen molar-refractivity contribution in [2.45, 2.75) is 44.9 Å². The Hall–Kier alpha value is -2.17. The van der Waals surface area contributed by atoms with Crippen LogP contribution in [0.4, 0.5) is 0 Å². The number of carbonyl (C=O) groups is 1. The Morgan fingerprint density at radius 3 is 2.75 bits per heavy atom. The Bertz CT molecular complexity index is 755. The van der Waals surface area contributed by atoms with Crippen molar-refractivity contribution in [3.8, 4) is 6.07 Å². The molecule has 0 radical (unpaired) electrons. The minimum absolute atomic E-state index is 0.00583. The number of ether oxygens (including phenoxy) is 3. The molecule has 2 aliphatic rings. The molecule has 0 aromatic carbocycles. The zero-order valence-electron chi connectivity index (χ0n) is 13.8. The van der Waals surface area contributed by atoms with E-state index in [2.05, 4.69) is 0 Å². The van der Waals surface area contributed by atoms with E-state index in [1.807, 2.05) is 13.0 Å². The lowest BCUT2D eigenvalue weighted by Crippen LogP contribution is -2.31. The number of nitrogens with zero attached hydrogens (tertiary/aromatic N) is 2. The summed E-state index contributed by atoms with van der Waals surface area (Å²) in [7, 11) is 0. The van der Waals surface area contributed by atoms with Gasteiger partial charge in [0.25, 0.3) is 5.56 Å². The van der Waals surface area contributed by atoms with Crippen LogP contribution in [0.3, 0.4) is 0 Å². The summed E-state index contributed by atoms with van der Waals surface area (Å²) >= 11 is 0. The maximum absolute atomic E-state index is 12.7. The summed E-state index contributed by atoms with van der Waals surface area (Å²) in [6, 6.07) is 3.67. The van der Waals surface area contributed by atoms with Gasteiger partial charge in [0, 0.05) is 13.0 Å². The molecule has 0 amide bonds. The van der Waals surface area contributed by atoms with Gasteiger partial charge in [-0.2, -0.15) is 5.26 Å². The highest BCUT2D eigenvalue weighted by molar-refractivity contribution is 5.79. The number of nitriles is 1. The second kappa shape index (κ2) is 6.38. The van der Waals surface area contributed by atoms with E-state index in [9.17, 15) is 14.9 Å². The van der Waals surface area contributed by atoms with Gasteiger partial charge in [-0.15, -0.1) is 0 Å². The molecule has 0 unspecified atom stereocenters. The van der Waals surface area contributed by atoms with Crippen LogP contribution in [0.5, 0.6) is 0 Å². The molecule has 0 N–H and O–H groups in total. The number of hydrogen-bond acceptors (Lipinski definition) is 6. The van der Waals surface area contributed by atoms with E-state index >= 15 is 0 Å². The molecule has 7 heteroatoms. The van der Waals surface area contributed by atoms with E-state index < -0.39 is 23.2 Å². The number of fused-ring (bicyclic) bond motifs is 2. The minimum atomic E-state index is -0.936. The highest BCUT2D eigenvalue weighted by Gasteiger charge is 2.46. The quantitative estimate of drug-likeness (QED) is 0.774. The van der Waals surface area contributed by atoms with Gasteiger partial charge in [-0.25, -0.2) is 0 Å². The van der Waals surface area contributed by atoms with Gasteiger partial charge in [0.1, 0.15) is 11.6 Å². The van der Waals surface area contributed by atoms with Gasteiger partial charge in [0.2, 0.25) is 5.79 Å². The number of aromatic nitrogens is 1. The van der Waals surface area contributed by atoms with Crippen molar-refractivity contribution in [2.24, 2.45) is 0 Å². The topological polar surface area (TPSA) is 90.6 Å². The zero-order chi connectivity index (χ0) is 17.3. The Kier molecular flexibility index (Phi) is 4.43. The van der Waals surface area contributed by atoms with Crippen molar-refractivity contribution >= 4 is 5.97 Å². The Morgan fingerprint density at radius 2 is 2.17 bits per heavy atom. The van der Waals surface area contributed by atoms with Crippen LogP contribution in [0.1, 0.15) is 49.4 Å². The van der Waals surface area contributed by atoms with Crippen LogP contribution in [0, 0.1) is 11.3 Å². The Balaban J connectivity index is 2.17. The molecule has 128 valence electrons. The lowest BCUT2D eigenvalue weighted by atomic mass is 9.92. The normalized spacial score (nSPS) is 19.0. The fourth-order valence-electron chi connectivity index (χ4n) is 3.48. The molecule has 3 rings (SSSR count). The standard InChI is InChI=1S/C17H20N2O5/c1-3-11(16(21)22-4-2)12-9-14-17(23-7-8-24-17)5-6-19(14)15(20)13(12)10-18/h9,11H,3-8H2,1-2H3/t11-/m0/s1. The van der Waals surface area contributed by atoms with Crippen molar-refractivity contribution < 1.29 is 19.0 Å². The average Bonchev–Trinajstić information content (AvgIpc) is 3.18. The first-order chi connectivity index (χ1) is 11.6. The third-order valence-corrected chi connectivity index (χ3v) is 4.61. The van der Waals surface area contributed by atoms with Crippen LogP contribution >= 0.6 is 0 Å². The fourth-order valence-corrected chi connectivity index (χ4v) is 3.48. The van der Waals surface area contributed by atoms with E-state index in [1.165, 1.54) is 4.57 Å². The average molecular weight is 332 g/mol. The van der Waals surface area contributed by atoms with Crippen LogP contribution < -0.4 is 5.56 Å². The van der Waals surface area contributed by atoms with Crippen LogP contribution in [0.15, 0.2) is 10.9 Å². The summed E-state index contributed by atoms with van der Waals surface area (Å²) in [6.45, 7) is 5.14. The smallest absolute Gasteiger partial charge is 0.313 e. The maximum Gasteiger partial charge on any atom is 0.313 e. The first-order valence-corrected chi connectivity index (χ1v) is 8.20. The molecule has 0 bridgehead atoms. The highest BCUT2D eigenvalue weighted by Crippen LogP contribution is 2.40. The molecule has 2 aliphatic heterocycles. The number of rotatable bonds is 4. The van der Waals surface area contributed by atoms with E-state index in [-0.39, 0.29) is 12.2 Å². The Morgan fingerprint density at radius 1 is 1.46 bits per heavy atom. The van der Waals surface area contributed by atoms with E-state index in [0.29, 0.717) is 43.9 Å². The van der Waals surface area contributed by atoms with Crippen LogP contribution in [0.2, 0.25) is 0 Å². The largest absolute Gasteiger partial charge is 0.466 e. The van der Waals surface area contributed by atoms with Crippen molar-refractivity contribution in [3.05, 3.63) is 33.2 Å². The first kappa shape index (κ1) is 16.7. The van der Waals surface area contributed by atoms with Gasteiger partial charge in [-0.3, -0.25) is 9.59 Å². The lowest BCUT2D eigenvalue weighted by molar-refractivity contribution is -0.163. The second-order valence-electron chi connectivity index (χ2n) is 5.84. The SMILES string of the molecule is CCOC(=O)[C@@H](CC)c1cc2n(c(=O)c1C#N)CCC21OCCO1. The van der Waals surface area contributed by atoms with Crippen molar-refractivity contribution in [1.29, 1.82) is 5.26 Å². The van der Waals surface area contributed by atoms with Gasteiger partial charge >= 0.3 is 5.97 Å². The van der Waals surface area contributed by atoms with Gasteiger partial charge < -0.3 is 18.8 Å². The van der Waals surface area contributed by atoms with E-state index in [0.717, 1.165) is 0 Å². The molecule has 3 heterocycles. The fraction of sp³-hybridized carbons (Fsp3) is 0.588. The van der Waals surface area contributed by atoms with Crippen molar-refractivity contribution in [1.82, 2.24) is 4.57 Å². The minimum Gasteiger partial charge on any atom is -0.466 e. The van der Waals surface area contributed by atoms with Crippen LogP contribution in [0.25, 0.3) is 0 Å². The zero-order valence-corrected chi connectivity index (χ0v) is 13.8. The number of pyridine rings is 1. The summed E-state index contributed by atoms with van der Waals surface area (Å²) in [5.74, 6) is -2.02. The number of hydrogen-bond donors (Lipinski definition) is 0. The van der Waals surface area contributed by atoms with E-state index in [4.69, 9.17) is 14.2 Å². The Labute approximate surface area is 139 Å². The second-order valence-corrected chi connectivity index (χ2v) is 5.84. The molecule has 0 saturated carbocycles.